The molecule has 0 radical (unpaired) electrons. The van der Waals surface area contributed by atoms with Crippen molar-refractivity contribution in [2.24, 2.45) is 5.92 Å². The first-order chi connectivity index (χ1) is 9.74. The van der Waals surface area contributed by atoms with E-state index in [2.05, 4.69) is 0 Å². The van der Waals surface area contributed by atoms with Gasteiger partial charge in [0.05, 0.1) is 18.8 Å². The molecule has 0 spiro atoms. The van der Waals surface area contributed by atoms with Gasteiger partial charge in [-0.15, -0.1) is 0 Å². The highest BCUT2D eigenvalue weighted by Gasteiger charge is 2.36. The summed E-state index contributed by atoms with van der Waals surface area (Å²) in [6.07, 6.45) is -5.85. The Morgan fingerprint density at radius 3 is 1.90 bits per heavy atom. The SMILES string of the molecule is OC1CN(CC2CCN(CC(F)(F)F)CC2)CC(O)C1O. The zero-order chi connectivity index (χ0) is 15.6. The number of rotatable bonds is 3. The molecule has 0 aliphatic carbocycles. The minimum absolute atomic E-state index is 0.268. The van der Waals surface area contributed by atoms with Crippen LogP contribution < -0.4 is 0 Å². The van der Waals surface area contributed by atoms with Gasteiger partial charge in [0.25, 0.3) is 0 Å². The first-order valence-corrected chi connectivity index (χ1v) is 7.30. The van der Waals surface area contributed by atoms with E-state index in [0.717, 1.165) is 0 Å². The van der Waals surface area contributed by atoms with Crippen molar-refractivity contribution in [3.05, 3.63) is 0 Å². The van der Waals surface area contributed by atoms with Gasteiger partial charge in [0.2, 0.25) is 0 Å². The van der Waals surface area contributed by atoms with Crippen molar-refractivity contribution in [3.63, 3.8) is 0 Å². The second-order valence-corrected chi connectivity index (χ2v) is 6.18. The molecule has 2 aliphatic heterocycles. The Labute approximate surface area is 122 Å². The van der Waals surface area contributed by atoms with Gasteiger partial charge in [0, 0.05) is 19.6 Å². The van der Waals surface area contributed by atoms with E-state index in [1.807, 2.05) is 4.90 Å². The van der Waals surface area contributed by atoms with Gasteiger partial charge in [-0.3, -0.25) is 9.80 Å². The lowest BCUT2D eigenvalue weighted by Crippen LogP contribution is -2.56. The number of alkyl halides is 3. The molecule has 0 aromatic carbocycles. The Hall–Kier alpha value is -0.410. The first-order valence-electron chi connectivity index (χ1n) is 7.30. The molecule has 2 aliphatic rings. The van der Waals surface area contributed by atoms with Crippen LogP contribution >= 0.6 is 0 Å². The molecule has 5 nitrogen and oxygen atoms in total. The maximum Gasteiger partial charge on any atom is 0.401 e. The van der Waals surface area contributed by atoms with Gasteiger partial charge in [-0.2, -0.15) is 13.2 Å². The van der Waals surface area contributed by atoms with Gasteiger partial charge < -0.3 is 15.3 Å². The molecule has 0 bridgehead atoms. The number of β-amino-alcohol motifs (C(OH)–C–C–N with tert-alkyl or cyclic N) is 2. The lowest BCUT2D eigenvalue weighted by atomic mass is 9.94. The van der Waals surface area contributed by atoms with E-state index in [9.17, 15) is 28.5 Å². The molecular formula is C13H23F3N2O3. The molecule has 0 aromatic heterocycles. The average Bonchev–Trinajstić information content (AvgIpc) is 2.36. The van der Waals surface area contributed by atoms with Crippen molar-refractivity contribution >= 4 is 0 Å². The highest BCUT2D eigenvalue weighted by atomic mass is 19.4. The van der Waals surface area contributed by atoms with Crippen LogP contribution in [-0.2, 0) is 0 Å². The average molecular weight is 312 g/mol. The molecule has 2 rings (SSSR count). The number of aliphatic hydroxyl groups is 3. The van der Waals surface area contributed by atoms with Crippen molar-refractivity contribution in [3.8, 4) is 0 Å². The molecule has 2 atom stereocenters. The molecule has 0 amide bonds. The molecule has 2 heterocycles. The standard InChI is InChI=1S/C13H23F3N2O3/c14-13(15,16)8-17-3-1-9(2-4-17)5-18-6-10(19)12(21)11(20)7-18/h9-12,19-21H,1-8H2. The van der Waals surface area contributed by atoms with Crippen LogP contribution in [0.5, 0.6) is 0 Å². The summed E-state index contributed by atoms with van der Waals surface area (Å²) in [7, 11) is 0. The Bertz CT molecular complexity index is 323. The van der Waals surface area contributed by atoms with E-state index in [-0.39, 0.29) is 5.92 Å². The van der Waals surface area contributed by atoms with Crippen LogP contribution in [0.2, 0.25) is 0 Å². The van der Waals surface area contributed by atoms with E-state index < -0.39 is 31.0 Å². The number of hydrogen-bond acceptors (Lipinski definition) is 5. The molecule has 2 fully saturated rings. The predicted octanol–water partition coefficient (Wildman–Crippen LogP) is -0.341. The third-order valence-corrected chi connectivity index (χ3v) is 4.31. The second-order valence-electron chi connectivity index (χ2n) is 6.18. The van der Waals surface area contributed by atoms with Crippen LogP contribution in [0.25, 0.3) is 0 Å². The number of hydrogen-bond donors (Lipinski definition) is 3. The lowest BCUT2D eigenvalue weighted by Gasteiger charge is -2.40. The van der Waals surface area contributed by atoms with Gasteiger partial charge in [-0.25, -0.2) is 0 Å². The molecule has 2 saturated heterocycles. The summed E-state index contributed by atoms with van der Waals surface area (Å²) in [5.41, 5.74) is 0. The molecule has 8 heteroatoms. The van der Waals surface area contributed by atoms with E-state index in [4.69, 9.17) is 0 Å². The van der Waals surface area contributed by atoms with Crippen molar-refractivity contribution < 1.29 is 28.5 Å². The summed E-state index contributed by atoms with van der Waals surface area (Å²) in [4.78, 5) is 3.30. The minimum atomic E-state index is -4.15. The van der Waals surface area contributed by atoms with E-state index in [1.165, 1.54) is 4.90 Å². The maximum atomic E-state index is 12.3. The van der Waals surface area contributed by atoms with Gasteiger partial charge in [-0.1, -0.05) is 0 Å². The minimum Gasteiger partial charge on any atom is -0.389 e. The summed E-state index contributed by atoms with van der Waals surface area (Å²) in [6, 6.07) is 0. The van der Waals surface area contributed by atoms with Crippen molar-refractivity contribution in [1.29, 1.82) is 0 Å². The number of likely N-dealkylation sites (tertiary alicyclic amines) is 2. The van der Waals surface area contributed by atoms with Crippen molar-refractivity contribution in [1.82, 2.24) is 9.80 Å². The van der Waals surface area contributed by atoms with Crippen molar-refractivity contribution in [2.45, 2.75) is 37.3 Å². The fourth-order valence-electron chi connectivity index (χ4n) is 3.17. The van der Waals surface area contributed by atoms with E-state index >= 15 is 0 Å². The maximum absolute atomic E-state index is 12.3. The van der Waals surface area contributed by atoms with Crippen molar-refractivity contribution in [2.75, 3.05) is 39.3 Å². The lowest BCUT2D eigenvalue weighted by molar-refractivity contribution is -0.149. The summed E-state index contributed by atoms with van der Waals surface area (Å²) in [5, 5.41) is 28.7. The van der Waals surface area contributed by atoms with Crippen LogP contribution in [0.4, 0.5) is 13.2 Å². The topological polar surface area (TPSA) is 67.2 Å². The largest absolute Gasteiger partial charge is 0.401 e. The number of aliphatic hydroxyl groups excluding tert-OH is 3. The molecule has 0 aromatic rings. The van der Waals surface area contributed by atoms with Gasteiger partial charge in [0.15, 0.2) is 0 Å². The quantitative estimate of drug-likeness (QED) is 0.665. The van der Waals surface area contributed by atoms with E-state index in [1.54, 1.807) is 0 Å². The molecular weight excluding hydrogens is 289 g/mol. The van der Waals surface area contributed by atoms with Crippen LogP contribution in [0.1, 0.15) is 12.8 Å². The van der Waals surface area contributed by atoms with Crippen LogP contribution in [0, 0.1) is 5.92 Å². The van der Waals surface area contributed by atoms with Gasteiger partial charge >= 0.3 is 6.18 Å². The Morgan fingerprint density at radius 1 is 0.905 bits per heavy atom. The third-order valence-electron chi connectivity index (χ3n) is 4.31. The Kier molecular flexibility index (Phi) is 5.48. The first kappa shape index (κ1) is 17.0. The van der Waals surface area contributed by atoms with Crippen LogP contribution in [0.15, 0.2) is 0 Å². The smallest absolute Gasteiger partial charge is 0.389 e. The summed E-state index contributed by atoms with van der Waals surface area (Å²) in [5.74, 6) is 0.268. The third kappa shape index (κ3) is 5.07. The highest BCUT2D eigenvalue weighted by molar-refractivity contribution is 4.88. The molecule has 124 valence electrons. The molecule has 3 N–H and O–H groups in total. The number of piperidine rings is 2. The Morgan fingerprint density at radius 2 is 1.43 bits per heavy atom. The normalized spacial score (nSPS) is 34.3. The number of nitrogens with zero attached hydrogens (tertiary/aromatic N) is 2. The van der Waals surface area contributed by atoms with Crippen LogP contribution in [-0.4, -0.2) is 88.9 Å². The van der Waals surface area contributed by atoms with Gasteiger partial charge in [-0.05, 0) is 31.8 Å². The second kappa shape index (κ2) is 6.78. The molecule has 21 heavy (non-hydrogen) atoms. The summed E-state index contributed by atoms with van der Waals surface area (Å²) < 4.78 is 36.9. The van der Waals surface area contributed by atoms with E-state index in [0.29, 0.717) is 45.6 Å². The fraction of sp³-hybridized carbons (Fsp3) is 1.00. The highest BCUT2D eigenvalue weighted by Crippen LogP contribution is 2.24. The monoisotopic (exact) mass is 312 g/mol. The van der Waals surface area contributed by atoms with Gasteiger partial charge in [0.1, 0.15) is 6.10 Å². The summed E-state index contributed by atoms with van der Waals surface area (Å²) >= 11 is 0. The Balaban J connectivity index is 1.74. The molecule has 2 unspecified atom stereocenters. The number of halogens is 3. The predicted molar refractivity (Wildman–Crippen MR) is 69.7 cm³/mol. The zero-order valence-electron chi connectivity index (χ0n) is 11.8. The van der Waals surface area contributed by atoms with Crippen LogP contribution in [0.3, 0.4) is 0 Å². The zero-order valence-corrected chi connectivity index (χ0v) is 11.8. The fourth-order valence-corrected chi connectivity index (χ4v) is 3.17. The molecule has 0 saturated carbocycles. The summed E-state index contributed by atoms with van der Waals surface area (Å²) in [6.45, 7) is 1.22.